The Morgan fingerprint density at radius 3 is 2.75 bits per heavy atom. The number of carbonyl (C=O) groups excluding carboxylic acids is 2. The molecular weight excluding hydrogens is 352 g/mol. The highest BCUT2D eigenvalue weighted by molar-refractivity contribution is 5.83. The minimum Gasteiger partial charge on any atom is -0.353 e. The molecule has 1 aliphatic carbocycles. The van der Waals surface area contributed by atoms with E-state index in [2.05, 4.69) is 27.5 Å². The van der Waals surface area contributed by atoms with E-state index in [1.807, 2.05) is 30.3 Å². The highest BCUT2D eigenvalue weighted by Crippen LogP contribution is 2.34. The first-order valence-electron chi connectivity index (χ1n) is 10.7. The number of nitrogens with one attached hydrogen (secondary N) is 2. The predicted molar refractivity (Wildman–Crippen MR) is 109 cm³/mol. The van der Waals surface area contributed by atoms with Crippen molar-refractivity contribution in [3.05, 3.63) is 35.9 Å². The van der Waals surface area contributed by atoms with Gasteiger partial charge in [-0.15, -0.1) is 0 Å². The van der Waals surface area contributed by atoms with E-state index in [9.17, 15) is 9.59 Å². The molecule has 2 N–H and O–H groups in total. The number of likely N-dealkylation sites (N-methyl/N-ethyl adjacent to an activating group) is 1. The Morgan fingerprint density at radius 1 is 1.21 bits per heavy atom. The lowest BCUT2D eigenvalue weighted by Gasteiger charge is -2.33. The topological polar surface area (TPSA) is 64.7 Å². The molecule has 3 aliphatic rings. The molecule has 1 aromatic carbocycles. The number of fused-ring (bicyclic) bond motifs is 1. The summed E-state index contributed by atoms with van der Waals surface area (Å²) in [6.07, 6.45) is 4.92. The normalized spacial score (nSPS) is 28.5. The Kier molecular flexibility index (Phi) is 5.97. The monoisotopic (exact) mass is 384 g/mol. The first-order chi connectivity index (χ1) is 13.6. The molecule has 4 rings (SSSR count). The van der Waals surface area contributed by atoms with Gasteiger partial charge in [0.2, 0.25) is 11.8 Å². The minimum atomic E-state index is -0.0255. The molecule has 0 aromatic heterocycles. The van der Waals surface area contributed by atoms with Crippen molar-refractivity contribution in [2.24, 2.45) is 5.92 Å². The van der Waals surface area contributed by atoms with Gasteiger partial charge < -0.3 is 10.6 Å². The van der Waals surface area contributed by atoms with Gasteiger partial charge >= 0.3 is 0 Å². The zero-order valence-corrected chi connectivity index (χ0v) is 16.8. The van der Waals surface area contributed by atoms with Gasteiger partial charge in [0, 0.05) is 44.7 Å². The number of amides is 2. The van der Waals surface area contributed by atoms with Crippen molar-refractivity contribution in [3.8, 4) is 0 Å². The lowest BCUT2D eigenvalue weighted by Crippen LogP contribution is -2.50. The van der Waals surface area contributed by atoms with Crippen LogP contribution >= 0.6 is 0 Å². The van der Waals surface area contributed by atoms with Crippen LogP contribution in [0.3, 0.4) is 0 Å². The van der Waals surface area contributed by atoms with Crippen molar-refractivity contribution < 1.29 is 9.59 Å². The highest BCUT2D eigenvalue weighted by atomic mass is 16.2. The van der Waals surface area contributed by atoms with Crippen LogP contribution in [0.1, 0.15) is 37.7 Å². The van der Waals surface area contributed by atoms with E-state index in [0.29, 0.717) is 19.5 Å². The Labute approximate surface area is 167 Å². The van der Waals surface area contributed by atoms with Crippen LogP contribution in [0.5, 0.6) is 0 Å². The molecule has 0 radical (unpaired) electrons. The highest BCUT2D eigenvalue weighted by Gasteiger charge is 2.46. The van der Waals surface area contributed by atoms with Crippen LogP contribution in [0.4, 0.5) is 0 Å². The van der Waals surface area contributed by atoms with Crippen molar-refractivity contribution in [2.75, 3.05) is 26.7 Å². The first kappa shape index (κ1) is 19.4. The zero-order valence-electron chi connectivity index (χ0n) is 16.8. The molecule has 28 heavy (non-hydrogen) atoms. The maximum Gasteiger partial charge on any atom is 0.239 e. The molecule has 0 bridgehead atoms. The van der Waals surface area contributed by atoms with Crippen LogP contribution in [-0.4, -0.2) is 66.4 Å². The third-order valence-corrected chi connectivity index (χ3v) is 6.58. The fourth-order valence-electron chi connectivity index (χ4n) is 4.67. The van der Waals surface area contributed by atoms with Gasteiger partial charge in [0.25, 0.3) is 0 Å². The number of rotatable bonds is 7. The third-order valence-electron chi connectivity index (χ3n) is 6.58. The van der Waals surface area contributed by atoms with E-state index in [1.54, 1.807) is 0 Å². The number of hydrogen-bond acceptors (Lipinski definition) is 4. The second-order valence-corrected chi connectivity index (χ2v) is 8.60. The molecule has 0 spiro atoms. The van der Waals surface area contributed by atoms with Crippen molar-refractivity contribution in [1.82, 2.24) is 20.4 Å². The Bertz CT molecular complexity index is 691. The molecular formula is C22H32N4O2. The second-order valence-electron chi connectivity index (χ2n) is 8.60. The van der Waals surface area contributed by atoms with E-state index in [4.69, 9.17) is 0 Å². The largest absolute Gasteiger partial charge is 0.353 e. The van der Waals surface area contributed by atoms with Gasteiger partial charge in [-0.3, -0.25) is 19.4 Å². The average Bonchev–Trinajstić information content (AvgIpc) is 3.44. The lowest BCUT2D eigenvalue weighted by molar-refractivity contribution is -0.126. The fourth-order valence-corrected chi connectivity index (χ4v) is 4.67. The predicted octanol–water partition coefficient (Wildman–Crippen LogP) is 1.37. The van der Waals surface area contributed by atoms with Gasteiger partial charge in [-0.25, -0.2) is 0 Å². The Morgan fingerprint density at radius 2 is 2.00 bits per heavy atom. The van der Waals surface area contributed by atoms with Crippen LogP contribution in [0, 0.1) is 5.92 Å². The zero-order chi connectivity index (χ0) is 19.5. The molecule has 3 atom stereocenters. The van der Waals surface area contributed by atoms with Gasteiger partial charge in [-0.05, 0) is 44.2 Å². The molecule has 152 valence electrons. The third kappa shape index (κ3) is 4.55. The molecule has 1 saturated carbocycles. The molecule has 6 nitrogen and oxygen atoms in total. The molecule has 3 fully saturated rings. The van der Waals surface area contributed by atoms with Crippen LogP contribution in [0.25, 0.3) is 0 Å². The maximum atomic E-state index is 12.7. The fraction of sp³-hybridized carbons (Fsp3) is 0.636. The number of hydrogen-bond donors (Lipinski definition) is 2. The van der Waals surface area contributed by atoms with Gasteiger partial charge in [0.1, 0.15) is 6.04 Å². The van der Waals surface area contributed by atoms with Gasteiger partial charge in [0.05, 0.1) is 0 Å². The average molecular weight is 385 g/mol. The van der Waals surface area contributed by atoms with Gasteiger partial charge in [0.15, 0.2) is 0 Å². The van der Waals surface area contributed by atoms with Crippen molar-refractivity contribution in [3.63, 3.8) is 0 Å². The summed E-state index contributed by atoms with van der Waals surface area (Å²) in [5.41, 5.74) is 1.11. The van der Waals surface area contributed by atoms with Crippen LogP contribution in [0.15, 0.2) is 30.3 Å². The SMILES string of the molecule is CN1C(CCC(=O)NCc2ccccc2)CNC(=O)C2C1CCN2CC1CC1. The number of carbonyl (C=O) groups is 2. The maximum absolute atomic E-state index is 12.7. The van der Waals surface area contributed by atoms with Crippen LogP contribution in [0.2, 0.25) is 0 Å². The summed E-state index contributed by atoms with van der Waals surface area (Å²) in [5.74, 6) is 1.04. The van der Waals surface area contributed by atoms with Crippen molar-refractivity contribution >= 4 is 11.8 Å². The second kappa shape index (κ2) is 8.62. The van der Waals surface area contributed by atoms with Gasteiger partial charge in [-0.1, -0.05) is 30.3 Å². The smallest absolute Gasteiger partial charge is 0.239 e. The summed E-state index contributed by atoms with van der Waals surface area (Å²) >= 11 is 0. The first-order valence-corrected chi connectivity index (χ1v) is 10.7. The standard InChI is InChI=1S/C22H32N4O2/c1-25-18(9-10-20(27)23-13-16-5-3-2-4-6-16)14-24-22(28)21-19(25)11-12-26(21)15-17-7-8-17/h2-6,17-19,21H,7-15H2,1H3,(H,23,27)(H,24,28). The number of likely N-dealkylation sites (tertiary alicyclic amines) is 1. The summed E-state index contributed by atoms with van der Waals surface area (Å²) in [6, 6.07) is 10.4. The quantitative estimate of drug-likeness (QED) is 0.745. The summed E-state index contributed by atoms with van der Waals surface area (Å²) in [6.45, 7) is 3.27. The summed E-state index contributed by atoms with van der Waals surface area (Å²) in [7, 11) is 2.13. The molecule has 2 aliphatic heterocycles. The lowest BCUT2D eigenvalue weighted by atomic mass is 10.0. The van der Waals surface area contributed by atoms with E-state index in [-0.39, 0.29) is 29.9 Å². The van der Waals surface area contributed by atoms with Crippen molar-refractivity contribution in [2.45, 2.75) is 56.8 Å². The number of benzene rings is 1. The summed E-state index contributed by atoms with van der Waals surface area (Å²) < 4.78 is 0. The minimum absolute atomic E-state index is 0.0255. The molecule has 2 saturated heterocycles. The van der Waals surface area contributed by atoms with Crippen LogP contribution < -0.4 is 10.6 Å². The summed E-state index contributed by atoms with van der Waals surface area (Å²) in [4.78, 5) is 29.8. The molecule has 2 heterocycles. The van der Waals surface area contributed by atoms with Crippen molar-refractivity contribution in [1.29, 1.82) is 0 Å². The van der Waals surface area contributed by atoms with E-state index < -0.39 is 0 Å². The Hall–Kier alpha value is -1.92. The molecule has 2 amide bonds. The summed E-state index contributed by atoms with van der Waals surface area (Å²) in [5, 5.41) is 6.15. The van der Waals surface area contributed by atoms with E-state index in [0.717, 1.165) is 37.4 Å². The van der Waals surface area contributed by atoms with E-state index in [1.165, 1.54) is 12.8 Å². The molecule has 1 aromatic rings. The Balaban J connectivity index is 1.29. The van der Waals surface area contributed by atoms with E-state index >= 15 is 0 Å². The number of nitrogens with zero attached hydrogens (tertiary/aromatic N) is 2. The molecule has 6 heteroatoms. The van der Waals surface area contributed by atoms with Gasteiger partial charge in [-0.2, -0.15) is 0 Å². The molecule has 3 unspecified atom stereocenters. The van der Waals surface area contributed by atoms with Crippen LogP contribution in [-0.2, 0) is 16.1 Å².